The van der Waals surface area contributed by atoms with Crippen LogP contribution >= 0.6 is 0 Å². The molecule has 0 aromatic heterocycles. The Balaban J connectivity index is 1.94. The van der Waals surface area contributed by atoms with Gasteiger partial charge >= 0.3 is 5.97 Å². The average molecular weight is 292 g/mol. The zero-order valence-corrected chi connectivity index (χ0v) is 12.3. The van der Waals surface area contributed by atoms with Gasteiger partial charge in [0, 0.05) is 24.7 Å². The van der Waals surface area contributed by atoms with Crippen LogP contribution in [-0.2, 0) is 14.3 Å². The third kappa shape index (κ3) is 4.27. The van der Waals surface area contributed by atoms with E-state index in [0.29, 0.717) is 30.9 Å². The van der Waals surface area contributed by atoms with Crippen LogP contribution in [0.25, 0.3) is 0 Å². The number of rotatable bonds is 4. The minimum atomic E-state index is -0.381. The van der Waals surface area contributed by atoms with E-state index in [2.05, 4.69) is 10.6 Å². The number of methoxy groups -OCH3 is 1. The third-order valence-electron chi connectivity index (χ3n) is 3.35. The number of carbonyl (C=O) groups is 2. The van der Waals surface area contributed by atoms with Crippen LogP contribution in [0.2, 0.25) is 0 Å². The van der Waals surface area contributed by atoms with Gasteiger partial charge in [0.15, 0.2) is 0 Å². The highest BCUT2D eigenvalue weighted by Gasteiger charge is 2.17. The van der Waals surface area contributed by atoms with Crippen LogP contribution in [0, 0.1) is 6.92 Å². The lowest BCUT2D eigenvalue weighted by atomic mass is 10.1. The molecule has 0 radical (unpaired) electrons. The summed E-state index contributed by atoms with van der Waals surface area (Å²) in [5, 5.41) is 6.06. The van der Waals surface area contributed by atoms with Crippen molar-refractivity contribution in [2.75, 3.05) is 32.2 Å². The Labute approximate surface area is 123 Å². The van der Waals surface area contributed by atoms with E-state index in [-0.39, 0.29) is 17.9 Å². The predicted octanol–water partition coefficient (Wildman–Crippen LogP) is 1.10. The molecule has 2 N–H and O–H groups in total. The van der Waals surface area contributed by atoms with Crippen LogP contribution in [0.15, 0.2) is 18.2 Å². The molecule has 114 valence electrons. The number of ether oxygens (including phenoxy) is 2. The van der Waals surface area contributed by atoms with Crippen LogP contribution in [0.3, 0.4) is 0 Å². The van der Waals surface area contributed by atoms with E-state index in [1.165, 1.54) is 7.11 Å². The minimum absolute atomic E-state index is 0.0502. The maximum absolute atomic E-state index is 12.0. The monoisotopic (exact) mass is 292 g/mol. The van der Waals surface area contributed by atoms with E-state index >= 15 is 0 Å². The topological polar surface area (TPSA) is 76.7 Å². The first-order valence-electron chi connectivity index (χ1n) is 6.90. The number of benzene rings is 1. The van der Waals surface area contributed by atoms with E-state index in [4.69, 9.17) is 9.47 Å². The predicted molar refractivity (Wildman–Crippen MR) is 78.4 cm³/mol. The number of hydrogen-bond donors (Lipinski definition) is 2. The molecule has 0 saturated carbocycles. The SMILES string of the molecule is COC(=O)c1ccc(NC(=O)CC2COCCN2)cc1C. The van der Waals surface area contributed by atoms with E-state index in [1.807, 2.05) is 0 Å². The fraction of sp³-hybridized carbons (Fsp3) is 0.467. The molecule has 0 aliphatic carbocycles. The van der Waals surface area contributed by atoms with Crippen molar-refractivity contribution >= 4 is 17.6 Å². The first-order valence-corrected chi connectivity index (χ1v) is 6.90. The minimum Gasteiger partial charge on any atom is -0.465 e. The Hall–Kier alpha value is -1.92. The van der Waals surface area contributed by atoms with Gasteiger partial charge in [0.25, 0.3) is 0 Å². The van der Waals surface area contributed by atoms with Crippen molar-refractivity contribution in [1.82, 2.24) is 5.32 Å². The van der Waals surface area contributed by atoms with Gasteiger partial charge in [-0.3, -0.25) is 4.79 Å². The van der Waals surface area contributed by atoms with E-state index < -0.39 is 0 Å². The Kier molecular flexibility index (Phi) is 5.30. The molecule has 1 saturated heterocycles. The Morgan fingerprint density at radius 2 is 2.29 bits per heavy atom. The molecular formula is C15H20N2O4. The lowest BCUT2D eigenvalue weighted by molar-refractivity contribution is -0.117. The normalized spacial score (nSPS) is 18.1. The van der Waals surface area contributed by atoms with Crippen molar-refractivity contribution in [3.05, 3.63) is 29.3 Å². The number of morpholine rings is 1. The Morgan fingerprint density at radius 3 is 2.90 bits per heavy atom. The van der Waals surface area contributed by atoms with Crippen molar-refractivity contribution in [1.29, 1.82) is 0 Å². The van der Waals surface area contributed by atoms with Crippen LogP contribution in [0.4, 0.5) is 5.69 Å². The highest BCUT2D eigenvalue weighted by molar-refractivity contribution is 5.94. The zero-order chi connectivity index (χ0) is 15.2. The number of anilines is 1. The Bertz CT molecular complexity index is 524. The van der Waals surface area contributed by atoms with Gasteiger partial charge in [-0.15, -0.1) is 0 Å². The molecule has 2 rings (SSSR count). The second-order valence-corrected chi connectivity index (χ2v) is 5.00. The summed E-state index contributed by atoms with van der Waals surface area (Å²) in [6.45, 7) is 3.81. The quantitative estimate of drug-likeness (QED) is 0.813. The van der Waals surface area contributed by atoms with E-state index in [0.717, 1.165) is 12.1 Å². The molecule has 1 aliphatic heterocycles. The molecule has 0 spiro atoms. The number of aryl methyl sites for hydroxylation is 1. The summed E-state index contributed by atoms with van der Waals surface area (Å²) in [7, 11) is 1.34. The largest absolute Gasteiger partial charge is 0.465 e. The number of esters is 1. The van der Waals surface area contributed by atoms with Crippen molar-refractivity contribution in [2.45, 2.75) is 19.4 Å². The van der Waals surface area contributed by atoms with Crippen LogP contribution in [0.5, 0.6) is 0 Å². The zero-order valence-electron chi connectivity index (χ0n) is 12.3. The van der Waals surface area contributed by atoms with E-state index in [9.17, 15) is 9.59 Å². The van der Waals surface area contributed by atoms with Crippen molar-refractivity contribution < 1.29 is 19.1 Å². The summed E-state index contributed by atoms with van der Waals surface area (Å²) in [5.74, 6) is -0.461. The number of nitrogens with one attached hydrogen (secondary N) is 2. The number of carbonyl (C=O) groups excluding carboxylic acids is 2. The van der Waals surface area contributed by atoms with Crippen LogP contribution in [0.1, 0.15) is 22.3 Å². The molecule has 1 amide bonds. The van der Waals surface area contributed by atoms with Crippen molar-refractivity contribution in [2.24, 2.45) is 0 Å². The fourth-order valence-corrected chi connectivity index (χ4v) is 2.27. The second-order valence-electron chi connectivity index (χ2n) is 5.00. The van der Waals surface area contributed by atoms with E-state index in [1.54, 1.807) is 25.1 Å². The molecule has 21 heavy (non-hydrogen) atoms. The maximum Gasteiger partial charge on any atom is 0.338 e. The number of amides is 1. The van der Waals surface area contributed by atoms with Gasteiger partial charge in [-0.05, 0) is 30.7 Å². The molecule has 1 aliphatic rings. The molecule has 1 atom stereocenters. The summed E-state index contributed by atoms with van der Waals surface area (Å²) in [4.78, 5) is 23.5. The third-order valence-corrected chi connectivity index (χ3v) is 3.35. The first kappa shape index (κ1) is 15.5. The standard InChI is InChI=1S/C15H20N2O4/c1-10-7-11(3-4-13(10)15(19)20-2)17-14(18)8-12-9-21-6-5-16-12/h3-4,7,12,16H,5-6,8-9H2,1-2H3,(H,17,18). The lowest BCUT2D eigenvalue weighted by Crippen LogP contribution is -2.43. The average Bonchev–Trinajstić information content (AvgIpc) is 2.47. The summed E-state index contributed by atoms with van der Waals surface area (Å²) < 4.78 is 10.0. The molecule has 6 nitrogen and oxygen atoms in total. The van der Waals surface area contributed by atoms with Gasteiger partial charge in [0.1, 0.15) is 0 Å². The summed E-state index contributed by atoms with van der Waals surface area (Å²) in [6.07, 6.45) is 0.359. The maximum atomic E-state index is 12.0. The van der Waals surface area contributed by atoms with Gasteiger partial charge in [0.05, 0.1) is 25.9 Å². The first-order chi connectivity index (χ1) is 10.1. The smallest absolute Gasteiger partial charge is 0.338 e. The lowest BCUT2D eigenvalue weighted by Gasteiger charge is -2.23. The molecule has 1 heterocycles. The summed E-state index contributed by atoms with van der Waals surface area (Å²) in [6, 6.07) is 5.16. The second kappa shape index (κ2) is 7.19. The fourth-order valence-electron chi connectivity index (χ4n) is 2.27. The molecule has 1 unspecified atom stereocenters. The number of hydrogen-bond acceptors (Lipinski definition) is 5. The Morgan fingerprint density at radius 1 is 1.48 bits per heavy atom. The van der Waals surface area contributed by atoms with Gasteiger partial charge in [-0.25, -0.2) is 4.79 Å². The highest BCUT2D eigenvalue weighted by Crippen LogP contribution is 2.16. The summed E-state index contributed by atoms with van der Waals surface area (Å²) >= 11 is 0. The van der Waals surface area contributed by atoms with Gasteiger partial charge in [-0.1, -0.05) is 0 Å². The van der Waals surface area contributed by atoms with Gasteiger partial charge < -0.3 is 20.1 Å². The highest BCUT2D eigenvalue weighted by atomic mass is 16.5. The van der Waals surface area contributed by atoms with Crippen LogP contribution in [-0.4, -0.2) is 44.8 Å². The van der Waals surface area contributed by atoms with Crippen molar-refractivity contribution in [3.63, 3.8) is 0 Å². The van der Waals surface area contributed by atoms with Gasteiger partial charge in [0.2, 0.25) is 5.91 Å². The molecule has 1 aromatic rings. The summed E-state index contributed by atoms with van der Waals surface area (Å²) in [5.41, 5.74) is 1.93. The van der Waals surface area contributed by atoms with Crippen molar-refractivity contribution in [3.8, 4) is 0 Å². The molecule has 6 heteroatoms. The molecule has 1 fully saturated rings. The molecular weight excluding hydrogens is 272 g/mol. The molecule has 1 aromatic carbocycles. The van der Waals surface area contributed by atoms with Gasteiger partial charge in [-0.2, -0.15) is 0 Å². The molecule has 0 bridgehead atoms. The van der Waals surface area contributed by atoms with Crippen LogP contribution < -0.4 is 10.6 Å².